The topological polar surface area (TPSA) is 77.0 Å². The van der Waals surface area contributed by atoms with Crippen molar-refractivity contribution in [1.82, 2.24) is 5.43 Å². The Morgan fingerprint density at radius 2 is 1.46 bits per heavy atom. The number of hydrogen-bond donors (Lipinski definition) is 1. The fraction of sp³-hybridized carbons (Fsp3) is 0.0645. The number of amides is 1. The van der Waals surface area contributed by atoms with E-state index in [-0.39, 0.29) is 5.91 Å². The lowest BCUT2D eigenvalue weighted by molar-refractivity contribution is 0.0734. The normalized spacial score (nSPS) is 11.1. The van der Waals surface area contributed by atoms with Gasteiger partial charge in [0.25, 0.3) is 5.91 Å². The molecule has 0 saturated carbocycles. The van der Waals surface area contributed by atoms with Gasteiger partial charge in [-0.3, -0.25) is 4.79 Å². The molecule has 0 fully saturated rings. The molecular formula is C31H24N2O4. The van der Waals surface area contributed by atoms with Crippen molar-refractivity contribution in [3.63, 3.8) is 0 Å². The van der Waals surface area contributed by atoms with Gasteiger partial charge in [-0.2, -0.15) is 5.10 Å². The molecule has 0 heterocycles. The number of carbonyl (C=O) groups excluding carboxylic acids is 2. The Morgan fingerprint density at radius 3 is 2.22 bits per heavy atom. The first kappa shape index (κ1) is 23.8. The summed E-state index contributed by atoms with van der Waals surface area (Å²) in [5, 5.41) is 7.81. The van der Waals surface area contributed by atoms with Gasteiger partial charge >= 0.3 is 5.97 Å². The monoisotopic (exact) mass is 488 g/mol. The molecule has 5 aromatic carbocycles. The van der Waals surface area contributed by atoms with Crippen LogP contribution in [0.1, 0.15) is 33.2 Å². The second-order valence-electron chi connectivity index (χ2n) is 8.27. The predicted octanol–water partition coefficient (Wildman–Crippen LogP) is 6.37. The number of carbonyl (C=O) groups is 2. The molecule has 1 amide bonds. The Bertz CT molecular complexity index is 1620. The van der Waals surface area contributed by atoms with Crippen molar-refractivity contribution in [1.29, 1.82) is 0 Å². The molecule has 0 radical (unpaired) electrons. The Morgan fingerprint density at radius 1 is 0.784 bits per heavy atom. The Balaban J connectivity index is 1.42. The number of esters is 1. The van der Waals surface area contributed by atoms with Crippen molar-refractivity contribution < 1.29 is 19.1 Å². The van der Waals surface area contributed by atoms with E-state index in [9.17, 15) is 9.59 Å². The van der Waals surface area contributed by atoms with E-state index in [1.807, 2.05) is 73.7 Å². The largest absolute Gasteiger partial charge is 0.494 e. The number of hydrazone groups is 1. The van der Waals surface area contributed by atoms with E-state index in [1.54, 1.807) is 36.4 Å². The molecule has 0 saturated heterocycles. The molecule has 6 heteroatoms. The highest BCUT2D eigenvalue weighted by Crippen LogP contribution is 2.28. The van der Waals surface area contributed by atoms with Crippen LogP contribution >= 0.6 is 0 Å². The van der Waals surface area contributed by atoms with Crippen LogP contribution in [0.25, 0.3) is 21.5 Å². The second kappa shape index (κ2) is 10.7. The van der Waals surface area contributed by atoms with Gasteiger partial charge in [-0.1, -0.05) is 66.7 Å². The van der Waals surface area contributed by atoms with E-state index in [2.05, 4.69) is 10.5 Å². The minimum Gasteiger partial charge on any atom is -0.494 e. The maximum absolute atomic E-state index is 12.9. The van der Waals surface area contributed by atoms with Crippen LogP contribution in [-0.4, -0.2) is 24.7 Å². The maximum atomic E-state index is 12.9. The number of nitrogens with zero attached hydrogens (tertiary/aromatic N) is 1. The van der Waals surface area contributed by atoms with Crippen LogP contribution in [0, 0.1) is 0 Å². The van der Waals surface area contributed by atoms with Crippen LogP contribution in [0.4, 0.5) is 0 Å². The molecular weight excluding hydrogens is 464 g/mol. The van der Waals surface area contributed by atoms with Crippen LogP contribution < -0.4 is 14.9 Å². The molecule has 37 heavy (non-hydrogen) atoms. The van der Waals surface area contributed by atoms with Crippen molar-refractivity contribution in [3.05, 3.63) is 120 Å². The first-order valence-electron chi connectivity index (χ1n) is 11.9. The Labute approximate surface area is 214 Å². The molecule has 182 valence electrons. The minimum absolute atomic E-state index is 0.332. The minimum atomic E-state index is -0.507. The maximum Gasteiger partial charge on any atom is 0.343 e. The van der Waals surface area contributed by atoms with Crippen LogP contribution in [-0.2, 0) is 0 Å². The van der Waals surface area contributed by atoms with Crippen molar-refractivity contribution >= 4 is 39.6 Å². The zero-order chi connectivity index (χ0) is 25.6. The highest BCUT2D eigenvalue weighted by molar-refractivity contribution is 6.08. The first-order chi connectivity index (χ1) is 18.1. The zero-order valence-electron chi connectivity index (χ0n) is 20.2. The predicted molar refractivity (Wildman–Crippen MR) is 146 cm³/mol. The quantitative estimate of drug-likeness (QED) is 0.125. The molecule has 0 spiro atoms. The summed E-state index contributed by atoms with van der Waals surface area (Å²) in [6.07, 6.45) is 1.51. The van der Waals surface area contributed by atoms with E-state index in [4.69, 9.17) is 9.47 Å². The van der Waals surface area contributed by atoms with E-state index >= 15 is 0 Å². The van der Waals surface area contributed by atoms with Gasteiger partial charge in [-0.15, -0.1) is 0 Å². The molecule has 0 bridgehead atoms. The van der Waals surface area contributed by atoms with Gasteiger partial charge in [0.05, 0.1) is 18.4 Å². The molecule has 1 N–H and O–H groups in total. The molecule has 5 aromatic rings. The lowest BCUT2D eigenvalue weighted by Gasteiger charge is -2.11. The molecule has 0 aliphatic rings. The highest BCUT2D eigenvalue weighted by Gasteiger charge is 2.14. The van der Waals surface area contributed by atoms with Crippen molar-refractivity contribution in [2.24, 2.45) is 5.10 Å². The van der Waals surface area contributed by atoms with Crippen LogP contribution in [0.2, 0.25) is 0 Å². The van der Waals surface area contributed by atoms with Crippen LogP contribution in [0.3, 0.4) is 0 Å². The number of benzene rings is 5. The summed E-state index contributed by atoms with van der Waals surface area (Å²) in [5.74, 6) is 0.175. The fourth-order valence-electron chi connectivity index (χ4n) is 4.15. The number of rotatable bonds is 7. The van der Waals surface area contributed by atoms with E-state index in [0.29, 0.717) is 34.8 Å². The summed E-state index contributed by atoms with van der Waals surface area (Å²) in [6, 6.07) is 31.3. The molecule has 0 aliphatic heterocycles. The number of nitrogens with one attached hydrogen (secondary N) is 1. The summed E-state index contributed by atoms with van der Waals surface area (Å²) < 4.78 is 11.2. The van der Waals surface area contributed by atoms with E-state index < -0.39 is 5.97 Å². The van der Waals surface area contributed by atoms with E-state index in [0.717, 1.165) is 21.5 Å². The van der Waals surface area contributed by atoms with Gasteiger partial charge in [0, 0.05) is 11.1 Å². The number of fused-ring (bicyclic) bond motifs is 2. The van der Waals surface area contributed by atoms with Gasteiger partial charge in [0.1, 0.15) is 11.5 Å². The molecule has 0 aliphatic carbocycles. The summed E-state index contributed by atoms with van der Waals surface area (Å²) >= 11 is 0. The van der Waals surface area contributed by atoms with Crippen molar-refractivity contribution in [2.75, 3.05) is 6.61 Å². The van der Waals surface area contributed by atoms with Crippen molar-refractivity contribution in [3.8, 4) is 11.5 Å². The molecule has 0 aromatic heterocycles. The summed E-state index contributed by atoms with van der Waals surface area (Å²) in [4.78, 5) is 25.8. The van der Waals surface area contributed by atoms with Gasteiger partial charge in [0.15, 0.2) is 0 Å². The molecule has 6 nitrogen and oxygen atoms in total. The lowest BCUT2D eigenvalue weighted by atomic mass is 10.0. The summed E-state index contributed by atoms with van der Waals surface area (Å²) in [5.41, 5.74) is 4.11. The summed E-state index contributed by atoms with van der Waals surface area (Å²) in [6.45, 7) is 2.44. The van der Waals surface area contributed by atoms with Crippen molar-refractivity contribution in [2.45, 2.75) is 6.92 Å². The average Bonchev–Trinajstić information content (AvgIpc) is 2.94. The average molecular weight is 489 g/mol. The Hall–Kier alpha value is -4.97. The summed E-state index contributed by atoms with van der Waals surface area (Å²) in [7, 11) is 0. The highest BCUT2D eigenvalue weighted by atomic mass is 16.5. The SMILES string of the molecule is CCOc1ccc(C(=O)Oc2ccc3ccccc3c2C=NNC(=O)c2cccc3ccccc23)cc1. The second-order valence-corrected chi connectivity index (χ2v) is 8.27. The molecule has 5 rings (SSSR count). The number of ether oxygens (including phenoxy) is 2. The smallest absolute Gasteiger partial charge is 0.343 e. The Kier molecular flexibility index (Phi) is 6.90. The van der Waals surface area contributed by atoms with Gasteiger partial charge in [0.2, 0.25) is 0 Å². The van der Waals surface area contributed by atoms with Gasteiger partial charge in [-0.05, 0) is 64.9 Å². The number of hydrogen-bond acceptors (Lipinski definition) is 5. The lowest BCUT2D eigenvalue weighted by Crippen LogP contribution is -2.18. The fourth-order valence-corrected chi connectivity index (χ4v) is 4.15. The zero-order valence-corrected chi connectivity index (χ0v) is 20.2. The van der Waals surface area contributed by atoms with Gasteiger partial charge in [-0.25, -0.2) is 10.2 Å². The standard InChI is InChI=1S/C31H24N2O4/c1-2-36-24-17-14-23(15-18-24)31(35)37-29-19-16-22-9-4-6-12-26(22)28(29)20-32-33-30(34)27-13-7-10-21-8-3-5-11-25(21)27/h3-20H,2H2,1H3,(H,33,34). The first-order valence-corrected chi connectivity index (χ1v) is 11.9. The third-order valence-corrected chi connectivity index (χ3v) is 5.93. The third-order valence-electron chi connectivity index (χ3n) is 5.93. The molecule has 0 unspecified atom stereocenters. The van der Waals surface area contributed by atoms with Crippen LogP contribution in [0.5, 0.6) is 11.5 Å². The third kappa shape index (κ3) is 5.18. The van der Waals surface area contributed by atoms with Crippen LogP contribution in [0.15, 0.2) is 108 Å². The molecule has 0 atom stereocenters. The van der Waals surface area contributed by atoms with Gasteiger partial charge < -0.3 is 9.47 Å². The van der Waals surface area contributed by atoms with E-state index in [1.165, 1.54) is 6.21 Å².